The second kappa shape index (κ2) is 4.17. The Morgan fingerprint density at radius 3 is 2.50 bits per heavy atom. The van der Waals surface area contributed by atoms with Crippen molar-refractivity contribution in [2.75, 3.05) is 0 Å². The van der Waals surface area contributed by atoms with Gasteiger partial charge in [-0.25, -0.2) is 0 Å². The van der Waals surface area contributed by atoms with Gasteiger partial charge in [-0.15, -0.1) is 6.42 Å². The zero-order chi connectivity index (χ0) is 7.23. The van der Waals surface area contributed by atoms with Crippen LogP contribution in [0.5, 0.6) is 0 Å². The molecule has 0 radical (unpaired) electrons. The molecule has 0 amide bonds. The topological polar surface area (TPSA) is 0 Å². The fraction of sp³-hybridized carbons (Fsp3) is 0.600. The minimum Gasteiger partial charge on any atom is -0.115 e. The van der Waals surface area contributed by atoms with Gasteiger partial charge in [0.25, 0.3) is 0 Å². The summed E-state index contributed by atoms with van der Waals surface area (Å²) >= 11 is 0. The zero-order valence-corrected chi connectivity index (χ0v) is 6.34. The predicted octanol–water partition coefficient (Wildman–Crippen LogP) is 2.76. The maximum absolute atomic E-state index is 5.11. The Balaban J connectivity index is 2.27. The Kier molecular flexibility index (Phi) is 3.09. The van der Waals surface area contributed by atoms with Crippen molar-refractivity contribution in [3.63, 3.8) is 0 Å². The van der Waals surface area contributed by atoms with E-state index in [4.69, 9.17) is 6.42 Å². The molecule has 0 atom stereocenters. The highest BCUT2D eigenvalue weighted by atomic mass is 14.1. The van der Waals surface area contributed by atoms with Crippen molar-refractivity contribution in [2.45, 2.75) is 32.1 Å². The number of hydrogen-bond acceptors (Lipinski definition) is 0. The first-order valence-corrected chi connectivity index (χ1v) is 4.06. The zero-order valence-electron chi connectivity index (χ0n) is 6.34. The molecule has 0 N–H and O–H groups in total. The molecule has 54 valence electrons. The fourth-order valence-corrected chi connectivity index (χ4v) is 1.52. The van der Waals surface area contributed by atoms with Crippen LogP contribution in [0.3, 0.4) is 0 Å². The molecular formula is C10H14. The van der Waals surface area contributed by atoms with E-state index in [2.05, 4.69) is 12.0 Å². The minimum absolute atomic E-state index is 0.782. The second-order valence-corrected chi connectivity index (χ2v) is 2.92. The molecule has 0 aromatic carbocycles. The summed E-state index contributed by atoms with van der Waals surface area (Å²) in [6.45, 7) is 0. The van der Waals surface area contributed by atoms with E-state index < -0.39 is 0 Å². The lowest BCUT2D eigenvalue weighted by Crippen LogP contribution is -2.02. The molecule has 0 heterocycles. The molecule has 1 aliphatic rings. The highest BCUT2D eigenvalue weighted by Gasteiger charge is 2.08. The number of terminal acetylenes is 1. The van der Waals surface area contributed by atoms with Gasteiger partial charge in [-0.2, -0.15) is 0 Å². The summed E-state index contributed by atoms with van der Waals surface area (Å²) in [7, 11) is 0. The van der Waals surface area contributed by atoms with Crippen LogP contribution < -0.4 is 0 Å². The van der Waals surface area contributed by atoms with Crippen LogP contribution in [0.4, 0.5) is 0 Å². The average Bonchev–Trinajstić information content (AvgIpc) is 2.03. The lowest BCUT2D eigenvalue weighted by atomic mass is 9.89. The van der Waals surface area contributed by atoms with Crippen molar-refractivity contribution >= 4 is 0 Å². The molecule has 10 heavy (non-hydrogen) atoms. The molecule has 0 bridgehead atoms. The number of hydrogen-bond donors (Lipinski definition) is 0. The van der Waals surface area contributed by atoms with Gasteiger partial charge in [0.2, 0.25) is 0 Å². The van der Waals surface area contributed by atoms with Gasteiger partial charge >= 0.3 is 0 Å². The third kappa shape index (κ3) is 2.27. The third-order valence-electron chi connectivity index (χ3n) is 2.11. The van der Waals surface area contributed by atoms with Gasteiger partial charge in [0, 0.05) is 0 Å². The van der Waals surface area contributed by atoms with Crippen LogP contribution in [0, 0.1) is 18.3 Å². The molecule has 1 rings (SSSR count). The molecule has 0 spiro atoms. The normalized spacial score (nSPS) is 21.1. The van der Waals surface area contributed by atoms with Gasteiger partial charge in [-0.05, 0) is 24.8 Å². The van der Waals surface area contributed by atoms with E-state index in [0.717, 1.165) is 5.92 Å². The molecule has 0 aromatic heterocycles. The Hall–Kier alpha value is -0.700. The first-order valence-electron chi connectivity index (χ1n) is 4.06. The van der Waals surface area contributed by atoms with E-state index in [-0.39, 0.29) is 0 Å². The van der Waals surface area contributed by atoms with Gasteiger partial charge in [0.1, 0.15) is 0 Å². The highest BCUT2D eigenvalue weighted by Crippen LogP contribution is 2.24. The van der Waals surface area contributed by atoms with Crippen molar-refractivity contribution < 1.29 is 0 Å². The number of allylic oxidation sites excluding steroid dienone is 2. The Bertz CT molecular complexity index is 142. The van der Waals surface area contributed by atoms with Crippen molar-refractivity contribution in [3.8, 4) is 12.3 Å². The monoisotopic (exact) mass is 134 g/mol. The molecule has 0 unspecified atom stereocenters. The summed E-state index contributed by atoms with van der Waals surface area (Å²) in [5.74, 6) is 3.32. The van der Waals surface area contributed by atoms with E-state index in [1.807, 2.05) is 6.08 Å². The van der Waals surface area contributed by atoms with Crippen LogP contribution in [0.25, 0.3) is 0 Å². The quantitative estimate of drug-likeness (QED) is 0.484. The minimum atomic E-state index is 0.782. The van der Waals surface area contributed by atoms with E-state index in [1.165, 1.54) is 32.1 Å². The molecule has 1 saturated carbocycles. The summed E-state index contributed by atoms with van der Waals surface area (Å²) in [5, 5.41) is 0. The maximum atomic E-state index is 5.11. The van der Waals surface area contributed by atoms with Crippen LogP contribution >= 0.6 is 0 Å². The van der Waals surface area contributed by atoms with Gasteiger partial charge in [0.15, 0.2) is 0 Å². The van der Waals surface area contributed by atoms with E-state index in [0.29, 0.717) is 0 Å². The van der Waals surface area contributed by atoms with Gasteiger partial charge in [0.05, 0.1) is 0 Å². The van der Waals surface area contributed by atoms with Crippen molar-refractivity contribution in [2.24, 2.45) is 5.92 Å². The van der Waals surface area contributed by atoms with Crippen molar-refractivity contribution in [1.82, 2.24) is 0 Å². The molecular weight excluding hydrogens is 120 g/mol. The molecule has 0 nitrogen and oxygen atoms in total. The fourth-order valence-electron chi connectivity index (χ4n) is 1.52. The lowest BCUT2D eigenvalue weighted by molar-refractivity contribution is 0.419. The van der Waals surface area contributed by atoms with E-state index in [9.17, 15) is 0 Å². The largest absolute Gasteiger partial charge is 0.115 e. The average molecular weight is 134 g/mol. The summed E-state index contributed by atoms with van der Waals surface area (Å²) in [6.07, 6.45) is 16.0. The van der Waals surface area contributed by atoms with Crippen LogP contribution in [-0.4, -0.2) is 0 Å². The van der Waals surface area contributed by atoms with Gasteiger partial charge < -0.3 is 0 Å². The van der Waals surface area contributed by atoms with Crippen molar-refractivity contribution in [1.29, 1.82) is 0 Å². The summed E-state index contributed by atoms with van der Waals surface area (Å²) in [4.78, 5) is 0. The molecule has 0 saturated heterocycles. The molecule has 1 fully saturated rings. The Morgan fingerprint density at radius 1 is 1.20 bits per heavy atom. The smallest absolute Gasteiger partial charge is 0.0159 e. The molecule has 0 heteroatoms. The van der Waals surface area contributed by atoms with E-state index in [1.54, 1.807) is 0 Å². The van der Waals surface area contributed by atoms with Crippen LogP contribution in [0.2, 0.25) is 0 Å². The van der Waals surface area contributed by atoms with Gasteiger partial charge in [-0.1, -0.05) is 31.3 Å². The lowest BCUT2D eigenvalue weighted by Gasteiger charge is -2.17. The van der Waals surface area contributed by atoms with E-state index >= 15 is 0 Å². The van der Waals surface area contributed by atoms with Crippen molar-refractivity contribution in [3.05, 3.63) is 12.2 Å². The maximum Gasteiger partial charge on any atom is -0.0159 e. The van der Waals surface area contributed by atoms with Gasteiger partial charge in [-0.3, -0.25) is 0 Å². The second-order valence-electron chi connectivity index (χ2n) is 2.92. The molecule has 0 aromatic rings. The Labute approximate surface area is 63.3 Å². The molecule has 1 aliphatic carbocycles. The third-order valence-corrected chi connectivity index (χ3v) is 2.11. The van der Waals surface area contributed by atoms with Crippen LogP contribution in [0.15, 0.2) is 12.2 Å². The predicted molar refractivity (Wildman–Crippen MR) is 44.5 cm³/mol. The SMILES string of the molecule is C#C/C=C/C1CCCCC1. The first-order chi connectivity index (χ1) is 4.93. The Morgan fingerprint density at radius 2 is 1.90 bits per heavy atom. The first kappa shape index (κ1) is 7.41. The summed E-state index contributed by atoms with van der Waals surface area (Å²) < 4.78 is 0. The molecule has 0 aliphatic heterocycles. The highest BCUT2D eigenvalue weighted by molar-refractivity contribution is 5.10. The van der Waals surface area contributed by atoms with Crippen LogP contribution in [0.1, 0.15) is 32.1 Å². The summed E-state index contributed by atoms with van der Waals surface area (Å²) in [6, 6.07) is 0. The summed E-state index contributed by atoms with van der Waals surface area (Å²) in [5.41, 5.74) is 0. The number of rotatable bonds is 1. The standard InChI is InChI=1S/C10H14/c1-2-3-7-10-8-5-4-6-9-10/h1,3,7,10H,4-6,8-9H2/b7-3+. The van der Waals surface area contributed by atoms with Crippen LogP contribution in [-0.2, 0) is 0 Å².